The number of thiol groups is 1. The standard InChI is InChI=1S/C45H63N8O5SSi/c1-8-52-36-14-13-29-21-32(36)37-38(41(57-7)39-33(40(37)52)22-30(23-46-39)51-17-10-15-50(6)16-11-18-51)45(4,5)26-58-43(55)34-12-9-19-53(48-34)44(56)60(25-28(3)47-35(29)24-59)49-42(54)31-20-27(31)2/h13-14,21-24,27,31,34,38,41-42,48-49,54,59H,8-12,15-20,25-26H2,1-7H3/b35-24-,47-28?/t27-,31-,34-,38?,41-,42?/m0/s1. The Labute approximate surface area is 362 Å². The van der Waals surface area contributed by atoms with Crippen molar-refractivity contribution < 1.29 is 24.2 Å². The molecule has 3 aliphatic heterocycles. The number of esters is 1. The van der Waals surface area contributed by atoms with E-state index in [9.17, 15) is 14.7 Å². The van der Waals surface area contributed by atoms with E-state index < -0.39 is 32.7 Å². The highest BCUT2D eigenvalue weighted by Crippen LogP contribution is 2.57. The molecule has 0 spiro atoms. The normalized spacial score (nSPS) is 28.1. The van der Waals surface area contributed by atoms with Crippen molar-refractivity contribution in [2.24, 2.45) is 22.2 Å². The van der Waals surface area contributed by atoms with E-state index in [0.29, 0.717) is 37.0 Å². The average Bonchev–Trinajstić information content (AvgIpc) is 3.89. The maximum absolute atomic E-state index is 14.3. The van der Waals surface area contributed by atoms with Gasteiger partial charge in [-0.3, -0.25) is 24.6 Å². The lowest BCUT2D eigenvalue weighted by Crippen LogP contribution is -2.62. The first-order valence-electron chi connectivity index (χ1n) is 21.9. The molecular formula is C45H63N8O5SSi. The fourth-order valence-corrected chi connectivity index (χ4v) is 12.3. The number of hydrazine groups is 1. The zero-order chi connectivity index (χ0) is 42.5. The van der Waals surface area contributed by atoms with E-state index in [2.05, 4.69) is 83.8 Å². The van der Waals surface area contributed by atoms with Gasteiger partial charge in [0.05, 0.1) is 35.6 Å². The molecule has 323 valence electrons. The number of cyclic esters (lactones) is 1. The largest absolute Gasteiger partial charge is 0.464 e. The summed E-state index contributed by atoms with van der Waals surface area (Å²) in [5.74, 6) is -0.128. The van der Waals surface area contributed by atoms with Crippen molar-refractivity contribution in [2.75, 3.05) is 58.4 Å². The first kappa shape index (κ1) is 43.1. The van der Waals surface area contributed by atoms with Gasteiger partial charge in [-0.2, -0.15) is 0 Å². The summed E-state index contributed by atoms with van der Waals surface area (Å²) >= 11 is 4.69. The second-order valence-corrected chi connectivity index (χ2v) is 20.6. The summed E-state index contributed by atoms with van der Waals surface area (Å²) in [5.41, 5.74) is 11.2. The number of hydrogen-bond acceptors (Lipinski definition) is 12. The van der Waals surface area contributed by atoms with Gasteiger partial charge in [-0.15, -0.1) is 12.6 Å². The van der Waals surface area contributed by atoms with Crippen molar-refractivity contribution in [3.05, 3.63) is 52.7 Å². The van der Waals surface area contributed by atoms with Crippen LogP contribution in [-0.2, 0) is 20.8 Å². The molecule has 8 rings (SSSR count). The van der Waals surface area contributed by atoms with Crippen molar-refractivity contribution in [3.8, 4) is 11.3 Å². The topological polar surface area (TPSA) is 137 Å². The van der Waals surface area contributed by atoms with Gasteiger partial charge in [0.15, 0.2) is 0 Å². The predicted molar refractivity (Wildman–Crippen MR) is 242 cm³/mol. The average molecular weight is 856 g/mol. The number of aromatic nitrogens is 2. The Morgan fingerprint density at radius 3 is 2.58 bits per heavy atom. The molecule has 1 radical (unpaired) electrons. The molecule has 1 aromatic carbocycles. The maximum Gasteiger partial charge on any atom is 0.324 e. The minimum atomic E-state index is -2.09. The number of anilines is 1. The SMILES string of the molecule is CCn1c2c3c4cc(ccc41)/C(=C/S)N=C(C)C[Si](NC(O)[C@H]1C[C@@H]1C)C(=O)N1CCC[C@H](N1)C(=O)OCC(C)(C)C3[C@H](OC)c1ncc(N3CCCN(C)CCC3)cc1-2. The van der Waals surface area contributed by atoms with E-state index in [-0.39, 0.29) is 29.9 Å². The molecule has 2 aromatic heterocycles. The number of amides is 1. The lowest BCUT2D eigenvalue weighted by Gasteiger charge is -2.43. The minimum Gasteiger partial charge on any atom is -0.464 e. The summed E-state index contributed by atoms with van der Waals surface area (Å²) in [6.45, 7) is 15.9. The first-order valence-corrected chi connectivity index (χ1v) is 24.1. The molecular weight excluding hydrogens is 793 g/mol. The Hall–Kier alpha value is -3.57. The highest BCUT2D eigenvalue weighted by molar-refractivity contribution is 7.83. The van der Waals surface area contributed by atoms with Crippen molar-refractivity contribution in [3.63, 3.8) is 0 Å². The predicted octanol–water partition coefficient (Wildman–Crippen LogP) is 6.54. The van der Waals surface area contributed by atoms with Crippen molar-refractivity contribution in [1.29, 1.82) is 0 Å². The number of pyridine rings is 1. The Kier molecular flexibility index (Phi) is 12.7. The van der Waals surface area contributed by atoms with Crippen LogP contribution in [0, 0.1) is 17.3 Å². The number of aliphatic imine (C=N–C) groups is 1. The molecule has 5 heterocycles. The molecule has 1 amide bonds. The van der Waals surface area contributed by atoms with Crippen LogP contribution in [0.5, 0.6) is 0 Å². The molecule has 1 saturated carbocycles. The van der Waals surface area contributed by atoms with Gasteiger partial charge in [0.1, 0.15) is 18.4 Å². The van der Waals surface area contributed by atoms with Crippen molar-refractivity contribution in [1.82, 2.24) is 29.9 Å². The van der Waals surface area contributed by atoms with Crippen LogP contribution in [-0.4, -0.2) is 116 Å². The summed E-state index contributed by atoms with van der Waals surface area (Å²) < 4.78 is 15.2. The van der Waals surface area contributed by atoms with Crippen molar-refractivity contribution in [2.45, 2.75) is 104 Å². The van der Waals surface area contributed by atoms with Crippen LogP contribution >= 0.6 is 12.6 Å². The Morgan fingerprint density at radius 2 is 1.90 bits per heavy atom. The fraction of sp³-hybridized carbons (Fsp3) is 0.600. The second-order valence-electron chi connectivity index (χ2n) is 18.4. The van der Waals surface area contributed by atoms with E-state index >= 15 is 0 Å². The van der Waals surface area contributed by atoms with Gasteiger partial charge in [0.25, 0.3) is 8.96 Å². The number of methoxy groups -OCH3 is 1. The molecule has 13 nitrogen and oxygen atoms in total. The Balaban J connectivity index is 1.28. The van der Waals surface area contributed by atoms with Gasteiger partial charge in [-0.05, 0) is 101 Å². The second kappa shape index (κ2) is 17.7. The molecule has 3 N–H and O–H groups in total. The third kappa shape index (κ3) is 8.35. The van der Waals surface area contributed by atoms with Crippen LogP contribution in [0.25, 0.3) is 27.9 Å². The number of carbonyl (C=O) groups is 2. The van der Waals surface area contributed by atoms with Crippen LogP contribution in [0.3, 0.4) is 0 Å². The van der Waals surface area contributed by atoms with E-state index in [1.165, 1.54) is 0 Å². The van der Waals surface area contributed by atoms with Gasteiger partial charge in [-0.1, -0.05) is 26.8 Å². The molecule has 2 aliphatic carbocycles. The number of hydrogen-bond donors (Lipinski definition) is 4. The van der Waals surface area contributed by atoms with Crippen LogP contribution in [0.4, 0.5) is 10.5 Å². The van der Waals surface area contributed by atoms with Gasteiger partial charge in [0.2, 0.25) is 5.53 Å². The van der Waals surface area contributed by atoms with Crippen LogP contribution in [0.2, 0.25) is 6.04 Å². The van der Waals surface area contributed by atoms with Crippen molar-refractivity contribution >= 4 is 61.1 Å². The molecule has 5 aliphatic rings. The summed E-state index contributed by atoms with van der Waals surface area (Å²) in [7, 11) is 1.87. The van der Waals surface area contributed by atoms with Gasteiger partial charge in [0, 0.05) is 84.3 Å². The summed E-state index contributed by atoms with van der Waals surface area (Å²) in [4.78, 5) is 46.9. The Morgan fingerprint density at radius 1 is 1.15 bits per heavy atom. The minimum absolute atomic E-state index is 0.110. The molecule has 15 heteroatoms. The van der Waals surface area contributed by atoms with Crippen LogP contribution in [0.1, 0.15) is 95.6 Å². The van der Waals surface area contributed by atoms with Crippen LogP contribution in [0.15, 0.2) is 40.9 Å². The maximum atomic E-state index is 14.3. The van der Waals surface area contributed by atoms with E-state index in [1.54, 1.807) is 17.5 Å². The van der Waals surface area contributed by atoms with E-state index in [0.717, 1.165) is 102 Å². The van der Waals surface area contributed by atoms with Crippen LogP contribution < -0.4 is 15.3 Å². The number of aliphatic hydroxyl groups excluding tert-OH is 1. The number of carbonyl (C=O) groups excluding carboxylic acids is 2. The molecule has 3 aromatic rings. The number of aryl methyl sites for hydroxylation is 1. The number of ether oxygens (including phenoxy) is 2. The Bertz CT molecular complexity index is 2170. The zero-order valence-corrected chi connectivity index (χ0v) is 38.2. The zero-order valence-electron chi connectivity index (χ0n) is 36.3. The number of rotatable bonds is 6. The van der Waals surface area contributed by atoms with E-state index in [4.69, 9.17) is 32.1 Å². The fourth-order valence-electron chi connectivity index (χ4n) is 10.1. The highest BCUT2D eigenvalue weighted by atomic mass is 32.1. The first-order chi connectivity index (χ1) is 28.8. The lowest BCUT2D eigenvalue weighted by atomic mass is 9.67. The number of nitrogens with one attached hydrogen (secondary N) is 2. The number of nitrogens with zero attached hydrogens (tertiary/aromatic N) is 6. The monoisotopic (exact) mass is 855 g/mol. The third-order valence-corrected chi connectivity index (χ3v) is 16.0. The van der Waals surface area contributed by atoms with Gasteiger partial charge in [-0.25, -0.2) is 5.43 Å². The summed E-state index contributed by atoms with van der Waals surface area (Å²) in [6, 6.07) is 8.50. The molecule has 2 unspecified atom stereocenters. The number of aliphatic hydroxyl groups is 1. The molecule has 60 heavy (non-hydrogen) atoms. The number of benzene rings is 1. The summed E-state index contributed by atoms with van der Waals surface area (Å²) in [5, 5.41) is 15.5. The molecule has 2 saturated heterocycles. The molecule has 6 atom stereocenters. The summed E-state index contributed by atoms with van der Waals surface area (Å²) in [6.07, 6.45) is 5.09. The van der Waals surface area contributed by atoms with Gasteiger partial charge < -0.3 is 33.9 Å². The third-order valence-electron chi connectivity index (χ3n) is 13.5. The quantitative estimate of drug-likeness (QED) is 0.0938. The number of fused-ring (bicyclic) bond motifs is 5. The lowest BCUT2D eigenvalue weighted by molar-refractivity contribution is -0.153. The molecule has 3 fully saturated rings. The molecule has 4 bridgehead atoms. The highest BCUT2D eigenvalue weighted by Gasteiger charge is 2.48. The van der Waals surface area contributed by atoms with E-state index in [1.807, 2.05) is 13.1 Å². The van der Waals surface area contributed by atoms with Gasteiger partial charge >= 0.3 is 5.97 Å². The smallest absolute Gasteiger partial charge is 0.324 e.